The number of hydrogen-bond donors (Lipinski definition) is 2. The SMILES string of the molecule is CCc1cc(CCN)c2c(c1)NC(=O)CO2. The van der Waals surface area contributed by atoms with Gasteiger partial charge in [0.05, 0.1) is 5.69 Å². The highest BCUT2D eigenvalue weighted by Crippen LogP contribution is 2.33. The number of carbonyl (C=O) groups excluding carboxylic acids is 1. The first-order chi connectivity index (χ1) is 7.74. The van der Waals surface area contributed by atoms with E-state index in [-0.39, 0.29) is 12.5 Å². The van der Waals surface area contributed by atoms with Crippen LogP contribution in [0.3, 0.4) is 0 Å². The molecule has 1 amide bonds. The number of rotatable bonds is 3. The molecule has 4 nitrogen and oxygen atoms in total. The molecule has 0 atom stereocenters. The third kappa shape index (κ3) is 2.02. The smallest absolute Gasteiger partial charge is 0.262 e. The second kappa shape index (κ2) is 4.53. The van der Waals surface area contributed by atoms with Crippen LogP contribution in [-0.4, -0.2) is 19.1 Å². The lowest BCUT2D eigenvalue weighted by molar-refractivity contribution is -0.118. The van der Waals surface area contributed by atoms with Crippen LogP contribution in [-0.2, 0) is 17.6 Å². The van der Waals surface area contributed by atoms with Crippen LogP contribution in [0.4, 0.5) is 5.69 Å². The molecule has 86 valence electrons. The summed E-state index contributed by atoms with van der Waals surface area (Å²) in [7, 11) is 0. The first-order valence-electron chi connectivity index (χ1n) is 5.53. The molecule has 0 unspecified atom stereocenters. The van der Waals surface area contributed by atoms with Gasteiger partial charge in [-0.1, -0.05) is 13.0 Å². The number of benzene rings is 1. The molecule has 1 aromatic rings. The first-order valence-corrected chi connectivity index (χ1v) is 5.53. The van der Waals surface area contributed by atoms with Gasteiger partial charge in [-0.25, -0.2) is 0 Å². The van der Waals surface area contributed by atoms with Crippen molar-refractivity contribution in [3.8, 4) is 5.75 Å². The monoisotopic (exact) mass is 220 g/mol. The maximum absolute atomic E-state index is 11.2. The Kier molecular flexibility index (Phi) is 3.10. The fourth-order valence-corrected chi connectivity index (χ4v) is 1.89. The molecule has 1 aromatic carbocycles. The fraction of sp³-hybridized carbons (Fsp3) is 0.417. The number of nitrogens with two attached hydrogens (primary N) is 1. The number of anilines is 1. The van der Waals surface area contributed by atoms with Gasteiger partial charge in [0.1, 0.15) is 5.75 Å². The zero-order valence-corrected chi connectivity index (χ0v) is 9.38. The summed E-state index contributed by atoms with van der Waals surface area (Å²) in [4.78, 5) is 11.2. The molecule has 1 aliphatic rings. The summed E-state index contributed by atoms with van der Waals surface area (Å²) in [6.45, 7) is 2.76. The molecule has 0 spiro atoms. The second-order valence-corrected chi connectivity index (χ2v) is 3.86. The fourth-order valence-electron chi connectivity index (χ4n) is 1.89. The van der Waals surface area contributed by atoms with Gasteiger partial charge >= 0.3 is 0 Å². The van der Waals surface area contributed by atoms with Crippen LogP contribution in [0, 0.1) is 0 Å². The lowest BCUT2D eigenvalue weighted by Crippen LogP contribution is -2.26. The van der Waals surface area contributed by atoms with E-state index in [1.807, 2.05) is 6.07 Å². The number of hydrogen-bond acceptors (Lipinski definition) is 3. The molecule has 16 heavy (non-hydrogen) atoms. The largest absolute Gasteiger partial charge is 0.481 e. The van der Waals surface area contributed by atoms with Gasteiger partial charge in [0.25, 0.3) is 5.91 Å². The third-order valence-electron chi connectivity index (χ3n) is 2.67. The number of aryl methyl sites for hydroxylation is 1. The van der Waals surface area contributed by atoms with E-state index in [0.29, 0.717) is 6.54 Å². The van der Waals surface area contributed by atoms with E-state index in [1.165, 1.54) is 5.56 Å². The average Bonchev–Trinajstić information content (AvgIpc) is 2.28. The van der Waals surface area contributed by atoms with E-state index >= 15 is 0 Å². The molecule has 0 fully saturated rings. The number of nitrogens with one attached hydrogen (secondary N) is 1. The summed E-state index contributed by atoms with van der Waals surface area (Å²) in [5.74, 6) is 0.682. The van der Waals surface area contributed by atoms with Crippen molar-refractivity contribution in [3.63, 3.8) is 0 Å². The van der Waals surface area contributed by atoms with Crippen molar-refractivity contribution in [3.05, 3.63) is 23.3 Å². The Morgan fingerprint density at radius 2 is 2.31 bits per heavy atom. The lowest BCUT2D eigenvalue weighted by Gasteiger charge is -2.21. The standard InChI is InChI=1S/C12H16N2O2/c1-2-8-5-9(3-4-13)12-10(6-8)14-11(15)7-16-12/h5-6H,2-4,7,13H2,1H3,(H,14,15). The highest BCUT2D eigenvalue weighted by atomic mass is 16.5. The Bertz CT molecular complexity index is 416. The van der Waals surface area contributed by atoms with Gasteiger partial charge < -0.3 is 15.8 Å². The zero-order chi connectivity index (χ0) is 11.5. The molecule has 1 aliphatic heterocycles. The predicted octanol–water partition coefficient (Wildman–Crippen LogP) is 1.08. The van der Waals surface area contributed by atoms with Gasteiger partial charge in [-0.3, -0.25) is 4.79 Å². The van der Waals surface area contributed by atoms with Crippen molar-refractivity contribution in [1.29, 1.82) is 0 Å². The Balaban J connectivity index is 2.44. The molecule has 0 bridgehead atoms. The summed E-state index contributed by atoms with van der Waals surface area (Å²) in [6, 6.07) is 4.07. The predicted molar refractivity (Wildman–Crippen MR) is 62.7 cm³/mol. The second-order valence-electron chi connectivity index (χ2n) is 3.86. The van der Waals surface area contributed by atoms with Crippen LogP contribution < -0.4 is 15.8 Å². The van der Waals surface area contributed by atoms with Crippen molar-refractivity contribution < 1.29 is 9.53 Å². The Hall–Kier alpha value is -1.55. The number of ether oxygens (including phenoxy) is 1. The summed E-state index contributed by atoms with van der Waals surface area (Å²) < 4.78 is 5.45. The van der Waals surface area contributed by atoms with Gasteiger partial charge in [0, 0.05) is 0 Å². The van der Waals surface area contributed by atoms with Gasteiger partial charge in [-0.05, 0) is 36.6 Å². The van der Waals surface area contributed by atoms with Crippen molar-refractivity contribution >= 4 is 11.6 Å². The van der Waals surface area contributed by atoms with E-state index in [9.17, 15) is 4.79 Å². The molecule has 0 saturated heterocycles. The Morgan fingerprint density at radius 1 is 1.50 bits per heavy atom. The van der Waals surface area contributed by atoms with Crippen LogP contribution in [0.15, 0.2) is 12.1 Å². The van der Waals surface area contributed by atoms with E-state index < -0.39 is 0 Å². The first kappa shape index (κ1) is 11.0. The lowest BCUT2D eigenvalue weighted by atomic mass is 10.0. The van der Waals surface area contributed by atoms with Crippen LogP contribution >= 0.6 is 0 Å². The molecule has 0 saturated carbocycles. The zero-order valence-electron chi connectivity index (χ0n) is 9.38. The van der Waals surface area contributed by atoms with Crippen LogP contribution in [0.5, 0.6) is 5.75 Å². The summed E-state index contributed by atoms with van der Waals surface area (Å²) in [5, 5.41) is 2.83. The highest BCUT2D eigenvalue weighted by Gasteiger charge is 2.19. The molecule has 0 radical (unpaired) electrons. The van der Waals surface area contributed by atoms with E-state index in [4.69, 9.17) is 10.5 Å². The Morgan fingerprint density at radius 3 is 3.00 bits per heavy atom. The number of amides is 1. The van der Waals surface area contributed by atoms with Crippen LogP contribution in [0.1, 0.15) is 18.1 Å². The normalized spacial score (nSPS) is 14.0. The Labute approximate surface area is 94.8 Å². The van der Waals surface area contributed by atoms with E-state index in [0.717, 1.165) is 29.8 Å². The number of fused-ring (bicyclic) bond motifs is 1. The topological polar surface area (TPSA) is 64.3 Å². The molecule has 2 rings (SSSR count). The summed E-state index contributed by atoms with van der Waals surface area (Å²) in [6.07, 6.45) is 1.70. The van der Waals surface area contributed by atoms with E-state index in [1.54, 1.807) is 0 Å². The summed E-state index contributed by atoms with van der Waals surface area (Å²) >= 11 is 0. The van der Waals surface area contributed by atoms with Crippen LogP contribution in [0.2, 0.25) is 0 Å². The molecule has 0 aromatic heterocycles. The van der Waals surface area contributed by atoms with Crippen molar-refractivity contribution in [2.75, 3.05) is 18.5 Å². The quantitative estimate of drug-likeness (QED) is 0.801. The third-order valence-corrected chi connectivity index (χ3v) is 2.67. The molecule has 1 heterocycles. The van der Waals surface area contributed by atoms with Gasteiger partial charge in [0.2, 0.25) is 0 Å². The molecular formula is C12H16N2O2. The van der Waals surface area contributed by atoms with Crippen molar-refractivity contribution in [1.82, 2.24) is 0 Å². The van der Waals surface area contributed by atoms with Crippen LogP contribution in [0.25, 0.3) is 0 Å². The highest BCUT2D eigenvalue weighted by molar-refractivity contribution is 5.95. The molecule has 4 heteroatoms. The molecule has 3 N–H and O–H groups in total. The maximum atomic E-state index is 11.2. The maximum Gasteiger partial charge on any atom is 0.262 e. The number of carbonyl (C=O) groups is 1. The minimum absolute atomic E-state index is 0.0933. The molecule has 0 aliphatic carbocycles. The molecular weight excluding hydrogens is 204 g/mol. The summed E-state index contributed by atoms with van der Waals surface area (Å²) in [5.41, 5.74) is 8.61. The van der Waals surface area contributed by atoms with Crippen molar-refractivity contribution in [2.24, 2.45) is 5.73 Å². The van der Waals surface area contributed by atoms with E-state index in [2.05, 4.69) is 18.3 Å². The van der Waals surface area contributed by atoms with Gasteiger partial charge in [0.15, 0.2) is 6.61 Å². The minimum Gasteiger partial charge on any atom is -0.481 e. The van der Waals surface area contributed by atoms with Gasteiger partial charge in [-0.15, -0.1) is 0 Å². The van der Waals surface area contributed by atoms with Crippen molar-refractivity contribution in [2.45, 2.75) is 19.8 Å². The van der Waals surface area contributed by atoms with Gasteiger partial charge in [-0.2, -0.15) is 0 Å². The average molecular weight is 220 g/mol. The minimum atomic E-state index is -0.0977.